The molecule has 0 radical (unpaired) electrons. The van der Waals surface area contributed by atoms with E-state index in [0.29, 0.717) is 22.6 Å². The predicted octanol–water partition coefficient (Wildman–Crippen LogP) is 3.66. The maximum Gasteiger partial charge on any atom is 0.338 e. The van der Waals surface area contributed by atoms with Crippen LogP contribution in [-0.4, -0.2) is 41.6 Å². The van der Waals surface area contributed by atoms with Crippen LogP contribution in [-0.2, 0) is 26.1 Å². The van der Waals surface area contributed by atoms with Gasteiger partial charge in [-0.2, -0.15) is 0 Å². The molecule has 0 heterocycles. The van der Waals surface area contributed by atoms with E-state index in [4.69, 9.17) is 9.47 Å². The molecule has 3 aromatic carbocycles. The molecular weight excluding hydrogens is 446 g/mol. The van der Waals surface area contributed by atoms with Crippen molar-refractivity contribution in [2.75, 3.05) is 25.6 Å². The maximum atomic E-state index is 13.1. The van der Waals surface area contributed by atoms with Crippen molar-refractivity contribution in [2.24, 2.45) is 0 Å². The Morgan fingerprint density at radius 1 is 0.848 bits per heavy atom. The number of hydrogen-bond acceptors (Lipinski definition) is 7. The van der Waals surface area contributed by atoms with Gasteiger partial charge in [0.2, 0.25) is 0 Å². The molecule has 0 aliphatic heterocycles. The highest BCUT2D eigenvalue weighted by Gasteiger charge is 2.23. The van der Waals surface area contributed by atoms with Crippen LogP contribution in [0, 0.1) is 0 Å². The standard InChI is InChI=1S/C24H23NO7S/c1-25(20-11-13-21(30-2)14-12-20)33(28,29)22-6-4-5-19(15-22)24(27)32-16-17-7-9-18(10-8-17)23(26)31-3/h4-15H,16H2,1-3H3. The average molecular weight is 470 g/mol. The van der Waals surface area contributed by atoms with Gasteiger partial charge in [0.1, 0.15) is 12.4 Å². The summed E-state index contributed by atoms with van der Waals surface area (Å²) >= 11 is 0. The van der Waals surface area contributed by atoms with Crippen LogP contribution >= 0.6 is 0 Å². The summed E-state index contributed by atoms with van der Waals surface area (Å²) in [5, 5.41) is 0. The quantitative estimate of drug-likeness (QED) is 0.464. The molecular formula is C24H23NO7S. The number of hydrogen-bond donors (Lipinski definition) is 0. The van der Waals surface area contributed by atoms with Gasteiger partial charge in [-0.25, -0.2) is 18.0 Å². The second kappa shape index (κ2) is 10.2. The predicted molar refractivity (Wildman–Crippen MR) is 122 cm³/mol. The number of esters is 2. The largest absolute Gasteiger partial charge is 0.497 e. The van der Waals surface area contributed by atoms with Crippen molar-refractivity contribution in [1.82, 2.24) is 0 Å². The molecule has 0 bridgehead atoms. The molecule has 0 aromatic heterocycles. The van der Waals surface area contributed by atoms with Crippen LogP contribution in [0.15, 0.2) is 77.7 Å². The Hall–Kier alpha value is -3.85. The van der Waals surface area contributed by atoms with E-state index in [1.165, 1.54) is 45.5 Å². The van der Waals surface area contributed by atoms with Crippen molar-refractivity contribution >= 4 is 27.6 Å². The molecule has 172 valence electrons. The van der Waals surface area contributed by atoms with Crippen molar-refractivity contribution in [3.8, 4) is 5.75 Å². The summed E-state index contributed by atoms with van der Waals surface area (Å²) in [5.41, 5.74) is 1.59. The monoisotopic (exact) mass is 469 g/mol. The molecule has 0 saturated heterocycles. The van der Waals surface area contributed by atoms with Crippen LogP contribution in [0.5, 0.6) is 5.75 Å². The van der Waals surface area contributed by atoms with Crippen LogP contribution in [0.1, 0.15) is 26.3 Å². The highest BCUT2D eigenvalue weighted by Crippen LogP contribution is 2.25. The molecule has 33 heavy (non-hydrogen) atoms. The minimum atomic E-state index is -3.91. The van der Waals surface area contributed by atoms with Gasteiger partial charge in [-0.05, 0) is 60.2 Å². The number of rotatable bonds is 8. The number of methoxy groups -OCH3 is 2. The first kappa shape index (κ1) is 23.8. The Balaban J connectivity index is 1.72. The van der Waals surface area contributed by atoms with Gasteiger partial charge in [-0.1, -0.05) is 18.2 Å². The lowest BCUT2D eigenvalue weighted by atomic mass is 10.1. The van der Waals surface area contributed by atoms with E-state index in [-0.39, 0.29) is 17.1 Å². The zero-order valence-electron chi connectivity index (χ0n) is 18.3. The molecule has 0 unspecified atom stereocenters. The number of carbonyl (C=O) groups excluding carboxylic acids is 2. The molecule has 0 aliphatic carbocycles. The van der Waals surface area contributed by atoms with E-state index in [0.717, 1.165) is 4.31 Å². The molecule has 0 saturated carbocycles. The lowest BCUT2D eigenvalue weighted by Crippen LogP contribution is -2.26. The molecule has 3 aromatic rings. The van der Waals surface area contributed by atoms with Crippen molar-refractivity contribution in [2.45, 2.75) is 11.5 Å². The smallest absolute Gasteiger partial charge is 0.338 e. The first-order chi connectivity index (χ1) is 15.8. The fourth-order valence-corrected chi connectivity index (χ4v) is 4.20. The molecule has 0 aliphatic rings. The summed E-state index contributed by atoms with van der Waals surface area (Å²) in [6.07, 6.45) is 0. The average Bonchev–Trinajstić information content (AvgIpc) is 2.86. The van der Waals surface area contributed by atoms with E-state index in [2.05, 4.69) is 4.74 Å². The fourth-order valence-electron chi connectivity index (χ4n) is 2.96. The molecule has 3 rings (SSSR count). The zero-order chi connectivity index (χ0) is 24.0. The van der Waals surface area contributed by atoms with Crippen LogP contribution in [0.25, 0.3) is 0 Å². The molecule has 0 fully saturated rings. The van der Waals surface area contributed by atoms with Gasteiger partial charge in [0, 0.05) is 7.05 Å². The third-order valence-corrected chi connectivity index (χ3v) is 6.69. The topological polar surface area (TPSA) is 99.2 Å². The van der Waals surface area contributed by atoms with Gasteiger partial charge in [-0.3, -0.25) is 4.31 Å². The van der Waals surface area contributed by atoms with Crippen LogP contribution in [0.2, 0.25) is 0 Å². The summed E-state index contributed by atoms with van der Waals surface area (Å²) in [4.78, 5) is 24.0. The number of anilines is 1. The second-order valence-electron chi connectivity index (χ2n) is 6.96. The Morgan fingerprint density at radius 3 is 2.12 bits per heavy atom. The van der Waals surface area contributed by atoms with E-state index >= 15 is 0 Å². The highest BCUT2D eigenvalue weighted by molar-refractivity contribution is 7.92. The molecule has 9 heteroatoms. The third kappa shape index (κ3) is 5.50. The molecule has 0 atom stereocenters. The van der Waals surface area contributed by atoms with Crippen molar-refractivity contribution in [3.05, 3.63) is 89.5 Å². The van der Waals surface area contributed by atoms with Gasteiger partial charge < -0.3 is 14.2 Å². The van der Waals surface area contributed by atoms with Gasteiger partial charge in [0.05, 0.1) is 35.9 Å². The van der Waals surface area contributed by atoms with E-state index < -0.39 is 22.0 Å². The van der Waals surface area contributed by atoms with Crippen LogP contribution < -0.4 is 9.04 Å². The maximum absolute atomic E-state index is 13.1. The van der Waals surface area contributed by atoms with Crippen molar-refractivity contribution in [3.63, 3.8) is 0 Å². The SMILES string of the molecule is COC(=O)c1ccc(COC(=O)c2cccc(S(=O)(=O)N(C)c3ccc(OC)cc3)c2)cc1. The van der Waals surface area contributed by atoms with Crippen molar-refractivity contribution in [1.29, 1.82) is 0 Å². The molecule has 0 spiro atoms. The van der Waals surface area contributed by atoms with Crippen molar-refractivity contribution < 1.29 is 32.2 Å². The van der Waals surface area contributed by atoms with Gasteiger partial charge >= 0.3 is 11.9 Å². The lowest BCUT2D eigenvalue weighted by molar-refractivity contribution is 0.0471. The Labute approximate surface area is 192 Å². The summed E-state index contributed by atoms with van der Waals surface area (Å²) in [6, 6.07) is 18.6. The Kier molecular flexibility index (Phi) is 7.34. The number of sulfonamides is 1. The Bertz CT molecular complexity index is 1240. The van der Waals surface area contributed by atoms with Gasteiger partial charge in [-0.15, -0.1) is 0 Å². The number of benzene rings is 3. The summed E-state index contributed by atoms with van der Waals surface area (Å²) < 4.78 is 42.3. The van der Waals surface area contributed by atoms with E-state index in [1.807, 2.05) is 0 Å². The fraction of sp³-hybridized carbons (Fsp3) is 0.167. The summed E-state index contributed by atoms with van der Waals surface area (Å²) in [6.45, 7) is -0.0387. The highest BCUT2D eigenvalue weighted by atomic mass is 32.2. The molecule has 0 N–H and O–H groups in total. The van der Waals surface area contributed by atoms with Crippen LogP contribution in [0.3, 0.4) is 0 Å². The third-order valence-electron chi connectivity index (χ3n) is 4.91. The van der Waals surface area contributed by atoms with E-state index in [9.17, 15) is 18.0 Å². The minimum Gasteiger partial charge on any atom is -0.497 e. The minimum absolute atomic E-state index is 0.0387. The summed E-state index contributed by atoms with van der Waals surface area (Å²) in [7, 11) is 0.339. The molecule has 8 nitrogen and oxygen atoms in total. The first-order valence-electron chi connectivity index (χ1n) is 9.83. The summed E-state index contributed by atoms with van der Waals surface area (Å²) in [5.74, 6) is -0.526. The number of nitrogens with zero attached hydrogens (tertiary/aromatic N) is 1. The number of carbonyl (C=O) groups is 2. The lowest BCUT2D eigenvalue weighted by Gasteiger charge is -2.20. The van der Waals surface area contributed by atoms with Gasteiger partial charge in [0.25, 0.3) is 10.0 Å². The van der Waals surface area contributed by atoms with Crippen LogP contribution in [0.4, 0.5) is 5.69 Å². The number of ether oxygens (including phenoxy) is 3. The zero-order valence-corrected chi connectivity index (χ0v) is 19.2. The second-order valence-corrected chi connectivity index (χ2v) is 8.93. The van der Waals surface area contributed by atoms with E-state index in [1.54, 1.807) is 48.5 Å². The molecule has 0 amide bonds. The van der Waals surface area contributed by atoms with Gasteiger partial charge in [0.15, 0.2) is 0 Å². The first-order valence-corrected chi connectivity index (χ1v) is 11.3. The Morgan fingerprint density at radius 2 is 1.52 bits per heavy atom. The normalized spacial score (nSPS) is 10.9.